The van der Waals surface area contributed by atoms with Crippen molar-refractivity contribution in [3.63, 3.8) is 0 Å². The Morgan fingerprint density at radius 3 is 2.45 bits per heavy atom. The Kier molecular flexibility index (Phi) is 5.81. The monoisotopic (exact) mass is 443 g/mol. The molecule has 0 atom stereocenters. The lowest BCUT2D eigenvalue weighted by Gasteiger charge is -2.13. The van der Waals surface area contributed by atoms with Gasteiger partial charge in [0.2, 0.25) is 9.74 Å². The Hall–Kier alpha value is -2.47. The summed E-state index contributed by atoms with van der Waals surface area (Å²) in [4.78, 5) is 17.3. The number of hydrogen-bond acceptors (Lipinski definition) is 5. The molecule has 0 saturated heterocycles. The summed E-state index contributed by atoms with van der Waals surface area (Å²) in [5.41, 5.74) is 1.92. The molecule has 146 valence electrons. The number of alkyl halides is 3. The van der Waals surface area contributed by atoms with E-state index in [1.54, 1.807) is 6.20 Å². The molecule has 0 aliphatic heterocycles. The van der Waals surface area contributed by atoms with Crippen molar-refractivity contribution in [2.24, 2.45) is 0 Å². The third kappa shape index (κ3) is 4.93. The fourth-order valence-electron chi connectivity index (χ4n) is 2.90. The van der Waals surface area contributed by atoms with Gasteiger partial charge in [-0.25, -0.2) is 4.98 Å². The lowest BCUT2D eigenvalue weighted by molar-refractivity contribution is 0.903. The molecule has 29 heavy (non-hydrogen) atoms. The van der Waals surface area contributed by atoms with Crippen LogP contribution in [0.15, 0.2) is 67.0 Å². The second kappa shape index (κ2) is 8.49. The number of halogens is 3. The van der Waals surface area contributed by atoms with Crippen LogP contribution in [0.2, 0.25) is 0 Å². The van der Waals surface area contributed by atoms with E-state index in [0.717, 1.165) is 28.3 Å². The first-order valence-corrected chi connectivity index (χ1v) is 10.1. The number of fused-ring (bicyclic) bond motifs is 1. The molecule has 0 bridgehead atoms. The molecule has 0 amide bonds. The molecule has 0 aliphatic carbocycles. The van der Waals surface area contributed by atoms with Crippen molar-refractivity contribution in [2.75, 3.05) is 11.9 Å². The zero-order valence-electron chi connectivity index (χ0n) is 15.2. The van der Waals surface area contributed by atoms with Gasteiger partial charge in [0.15, 0.2) is 11.6 Å². The molecule has 5 nitrogen and oxygen atoms in total. The maximum absolute atomic E-state index is 6.06. The van der Waals surface area contributed by atoms with Gasteiger partial charge < -0.3 is 5.32 Å². The fraction of sp³-hybridized carbons (Fsp3) is 0.143. The molecular formula is C21H16Cl3N5. The average Bonchev–Trinajstić information content (AvgIpc) is 2.73. The number of hydrogen-bond donors (Lipinski definition) is 1. The van der Waals surface area contributed by atoms with E-state index in [2.05, 4.69) is 25.3 Å². The Morgan fingerprint density at radius 1 is 0.862 bits per heavy atom. The highest BCUT2D eigenvalue weighted by Crippen LogP contribution is 2.37. The van der Waals surface area contributed by atoms with Crippen LogP contribution < -0.4 is 5.32 Å². The van der Waals surface area contributed by atoms with E-state index in [1.807, 2.05) is 60.8 Å². The zero-order valence-corrected chi connectivity index (χ0v) is 17.5. The summed E-state index contributed by atoms with van der Waals surface area (Å²) in [7, 11) is 0. The van der Waals surface area contributed by atoms with Crippen LogP contribution in [0.1, 0.15) is 11.4 Å². The summed E-state index contributed by atoms with van der Waals surface area (Å²) >= 11 is 18.2. The van der Waals surface area contributed by atoms with E-state index < -0.39 is 3.79 Å². The third-order valence-electron chi connectivity index (χ3n) is 4.32. The number of aromatic nitrogens is 4. The average molecular weight is 445 g/mol. The maximum atomic E-state index is 6.06. The summed E-state index contributed by atoms with van der Waals surface area (Å²) in [5.74, 6) is 0.869. The Morgan fingerprint density at radius 2 is 1.69 bits per heavy atom. The molecule has 8 heteroatoms. The molecule has 2 heterocycles. The minimum Gasteiger partial charge on any atom is -0.354 e. The Bertz CT molecular complexity index is 1130. The van der Waals surface area contributed by atoms with Crippen LogP contribution in [0, 0.1) is 0 Å². The van der Waals surface area contributed by atoms with E-state index in [-0.39, 0.29) is 5.82 Å². The normalized spacial score (nSPS) is 11.6. The summed E-state index contributed by atoms with van der Waals surface area (Å²) in [5, 5.41) is 5.39. The van der Waals surface area contributed by atoms with E-state index in [9.17, 15) is 0 Å². The van der Waals surface area contributed by atoms with Gasteiger partial charge in [-0.1, -0.05) is 77.3 Å². The van der Waals surface area contributed by atoms with Crippen LogP contribution in [-0.2, 0) is 10.2 Å². The third-order valence-corrected chi connectivity index (χ3v) is 4.82. The van der Waals surface area contributed by atoms with E-state index >= 15 is 0 Å². The minimum absolute atomic E-state index is 0.0736. The van der Waals surface area contributed by atoms with Gasteiger partial charge in [0.05, 0.1) is 0 Å². The van der Waals surface area contributed by atoms with Crippen molar-refractivity contribution in [2.45, 2.75) is 10.2 Å². The van der Waals surface area contributed by atoms with Crippen molar-refractivity contribution in [3.05, 3.63) is 78.4 Å². The predicted molar refractivity (Wildman–Crippen MR) is 118 cm³/mol. The number of benzene rings is 2. The number of nitrogens with zero attached hydrogens (tertiary/aromatic N) is 4. The summed E-state index contributed by atoms with van der Waals surface area (Å²) in [6.45, 7) is 0.603. The summed E-state index contributed by atoms with van der Waals surface area (Å²) < 4.78 is -1.76. The van der Waals surface area contributed by atoms with Crippen LogP contribution in [0.5, 0.6) is 0 Å². The molecule has 0 saturated carbocycles. The van der Waals surface area contributed by atoms with Crippen LogP contribution >= 0.6 is 34.8 Å². The highest BCUT2D eigenvalue weighted by molar-refractivity contribution is 6.66. The van der Waals surface area contributed by atoms with Gasteiger partial charge in [0, 0.05) is 24.5 Å². The smallest absolute Gasteiger partial charge is 0.250 e. The van der Waals surface area contributed by atoms with Gasteiger partial charge >= 0.3 is 0 Å². The maximum Gasteiger partial charge on any atom is 0.250 e. The largest absolute Gasteiger partial charge is 0.354 e. The molecule has 2 aromatic heterocycles. The molecule has 0 radical (unpaired) electrons. The number of pyridine rings is 1. The molecule has 4 rings (SSSR count). The predicted octanol–water partition coefficient (Wildman–Crippen LogP) is 5.57. The molecule has 0 fully saturated rings. The van der Waals surface area contributed by atoms with Gasteiger partial charge in [-0.15, -0.1) is 0 Å². The molecule has 2 aromatic carbocycles. The van der Waals surface area contributed by atoms with Gasteiger partial charge in [0.1, 0.15) is 0 Å². The zero-order chi connectivity index (χ0) is 20.3. The number of anilines is 1. The molecular weight excluding hydrogens is 429 g/mol. The first-order valence-electron chi connectivity index (χ1n) is 8.94. The quantitative estimate of drug-likeness (QED) is 0.408. The summed E-state index contributed by atoms with van der Waals surface area (Å²) in [6.07, 6.45) is 4.32. The van der Waals surface area contributed by atoms with Gasteiger partial charge in [0.25, 0.3) is 0 Å². The SMILES string of the molecule is ClC(Cl)(Cl)c1nc(NCCc2cccnc2)nc(-c2ccc3ccccc3c2)n1. The molecule has 0 aliphatic rings. The van der Waals surface area contributed by atoms with Crippen LogP contribution in [0.4, 0.5) is 5.95 Å². The summed E-state index contributed by atoms with van der Waals surface area (Å²) in [6, 6.07) is 17.9. The number of rotatable bonds is 5. The van der Waals surface area contributed by atoms with Crippen molar-refractivity contribution in [1.82, 2.24) is 19.9 Å². The molecule has 0 unspecified atom stereocenters. The lowest BCUT2D eigenvalue weighted by atomic mass is 10.1. The fourth-order valence-corrected chi connectivity index (χ4v) is 3.16. The van der Waals surface area contributed by atoms with Gasteiger partial charge in [-0.3, -0.25) is 4.98 Å². The van der Waals surface area contributed by atoms with Crippen molar-refractivity contribution in [1.29, 1.82) is 0 Å². The van der Waals surface area contributed by atoms with E-state index in [0.29, 0.717) is 18.3 Å². The highest BCUT2D eigenvalue weighted by Gasteiger charge is 2.28. The molecule has 4 aromatic rings. The molecule has 0 spiro atoms. The van der Waals surface area contributed by atoms with Crippen LogP contribution in [0.3, 0.4) is 0 Å². The Labute approximate surface area is 183 Å². The van der Waals surface area contributed by atoms with Crippen molar-refractivity contribution >= 4 is 51.5 Å². The first kappa shape index (κ1) is 19.8. The van der Waals surface area contributed by atoms with Crippen LogP contribution in [-0.4, -0.2) is 26.5 Å². The van der Waals surface area contributed by atoms with Crippen molar-refractivity contribution in [3.8, 4) is 11.4 Å². The van der Waals surface area contributed by atoms with Crippen LogP contribution in [0.25, 0.3) is 22.2 Å². The van der Waals surface area contributed by atoms with Gasteiger partial charge in [-0.05, 0) is 34.9 Å². The second-order valence-electron chi connectivity index (χ2n) is 6.40. The van der Waals surface area contributed by atoms with E-state index in [4.69, 9.17) is 34.8 Å². The second-order valence-corrected chi connectivity index (χ2v) is 8.69. The highest BCUT2D eigenvalue weighted by atomic mass is 35.6. The lowest BCUT2D eigenvalue weighted by Crippen LogP contribution is -2.15. The molecule has 1 N–H and O–H groups in total. The standard InChI is InChI=1S/C21H16Cl3N5/c22-21(23,24)19-27-18(17-8-7-15-5-1-2-6-16(15)12-17)28-20(29-19)26-11-9-14-4-3-10-25-13-14/h1-8,10,12-13H,9,11H2,(H,26,27,28,29). The van der Waals surface area contributed by atoms with E-state index in [1.165, 1.54) is 0 Å². The minimum atomic E-state index is -1.76. The first-order chi connectivity index (χ1) is 14.0. The Balaban J connectivity index is 1.64. The number of nitrogens with one attached hydrogen (secondary N) is 1. The van der Waals surface area contributed by atoms with Crippen molar-refractivity contribution < 1.29 is 0 Å². The topological polar surface area (TPSA) is 63.6 Å². The van der Waals surface area contributed by atoms with Gasteiger partial charge in [-0.2, -0.15) is 9.97 Å².